The van der Waals surface area contributed by atoms with E-state index >= 15 is 0 Å². The van der Waals surface area contributed by atoms with Gasteiger partial charge >= 0.3 is 0 Å². The molecule has 5 heteroatoms. The molecule has 4 heterocycles. The molecule has 0 amide bonds. The fraction of sp³-hybridized carbons (Fsp3) is 0.600. The third-order valence-corrected chi connectivity index (χ3v) is 5.53. The average molecular weight is 289 g/mol. The van der Waals surface area contributed by atoms with Crippen molar-refractivity contribution in [3.63, 3.8) is 0 Å². The van der Waals surface area contributed by atoms with Crippen LogP contribution < -0.4 is 0 Å². The summed E-state index contributed by atoms with van der Waals surface area (Å²) in [6.45, 7) is 1.80. The Bertz CT molecular complexity index is 600. The zero-order valence-electron chi connectivity index (χ0n) is 11.5. The molecule has 0 aliphatic carbocycles. The summed E-state index contributed by atoms with van der Waals surface area (Å²) in [5.41, 5.74) is 2.04. The first-order chi connectivity index (χ1) is 9.92. The van der Waals surface area contributed by atoms with Crippen molar-refractivity contribution in [2.75, 3.05) is 12.4 Å². The summed E-state index contributed by atoms with van der Waals surface area (Å²) in [6, 6.07) is 4.04. The minimum atomic E-state index is 0.333. The van der Waals surface area contributed by atoms with Crippen molar-refractivity contribution in [1.82, 2.24) is 14.5 Å². The largest absolute Gasteiger partial charge is 0.376 e. The third-order valence-electron chi connectivity index (χ3n) is 4.16. The summed E-state index contributed by atoms with van der Waals surface area (Å²) in [5.74, 6) is 2.46. The summed E-state index contributed by atoms with van der Waals surface area (Å²) >= 11 is 2.03. The van der Waals surface area contributed by atoms with Crippen molar-refractivity contribution in [2.24, 2.45) is 0 Å². The van der Waals surface area contributed by atoms with E-state index in [9.17, 15) is 0 Å². The van der Waals surface area contributed by atoms with Crippen molar-refractivity contribution in [2.45, 2.75) is 43.6 Å². The van der Waals surface area contributed by atoms with E-state index in [4.69, 9.17) is 9.72 Å². The number of hydrogen-bond acceptors (Lipinski definition) is 4. The number of imidazole rings is 1. The topological polar surface area (TPSA) is 39.9 Å². The number of fused-ring (bicyclic) bond motifs is 1. The van der Waals surface area contributed by atoms with Gasteiger partial charge in [-0.15, -0.1) is 0 Å². The molecule has 4 rings (SSSR count). The lowest BCUT2D eigenvalue weighted by Crippen LogP contribution is -2.18. The van der Waals surface area contributed by atoms with Crippen LogP contribution >= 0.6 is 11.8 Å². The van der Waals surface area contributed by atoms with Crippen molar-refractivity contribution < 1.29 is 4.74 Å². The number of pyridine rings is 1. The van der Waals surface area contributed by atoms with Crippen molar-refractivity contribution in [3.05, 3.63) is 24.2 Å². The second-order valence-corrected chi connectivity index (χ2v) is 6.87. The van der Waals surface area contributed by atoms with E-state index in [0.29, 0.717) is 11.4 Å². The Kier molecular flexibility index (Phi) is 3.40. The van der Waals surface area contributed by atoms with Gasteiger partial charge in [-0.25, -0.2) is 9.97 Å². The van der Waals surface area contributed by atoms with Crippen LogP contribution in [0.1, 0.15) is 36.8 Å². The van der Waals surface area contributed by atoms with Gasteiger partial charge in [0.1, 0.15) is 11.3 Å². The molecule has 2 aliphatic rings. The predicted octanol–water partition coefficient (Wildman–Crippen LogP) is 3.18. The highest BCUT2D eigenvalue weighted by Crippen LogP contribution is 2.40. The van der Waals surface area contributed by atoms with Gasteiger partial charge in [0.15, 0.2) is 5.65 Å². The normalized spacial score (nSPS) is 26.6. The molecular formula is C15H19N3OS. The van der Waals surface area contributed by atoms with E-state index in [1.165, 1.54) is 30.8 Å². The Labute approximate surface area is 122 Å². The van der Waals surface area contributed by atoms with Gasteiger partial charge in [0.25, 0.3) is 0 Å². The Morgan fingerprint density at radius 3 is 3.15 bits per heavy atom. The monoisotopic (exact) mass is 289 g/mol. The molecule has 2 aromatic rings. The second kappa shape index (κ2) is 5.37. The molecule has 4 nitrogen and oxygen atoms in total. The third kappa shape index (κ3) is 2.23. The lowest BCUT2D eigenvalue weighted by atomic mass is 10.2. The average Bonchev–Trinajstić information content (AvgIpc) is 3.19. The van der Waals surface area contributed by atoms with Gasteiger partial charge in [-0.2, -0.15) is 11.8 Å². The molecule has 2 atom stereocenters. The molecule has 2 fully saturated rings. The molecule has 2 unspecified atom stereocenters. The Balaban J connectivity index is 1.75. The fourth-order valence-electron chi connectivity index (χ4n) is 3.18. The molecular weight excluding hydrogens is 270 g/mol. The molecule has 0 N–H and O–H groups in total. The smallest absolute Gasteiger partial charge is 0.160 e. The number of aromatic nitrogens is 3. The van der Waals surface area contributed by atoms with Crippen LogP contribution in [-0.2, 0) is 11.3 Å². The van der Waals surface area contributed by atoms with Crippen LogP contribution in [0.5, 0.6) is 0 Å². The first-order valence-electron chi connectivity index (χ1n) is 7.46. The molecule has 106 valence electrons. The summed E-state index contributed by atoms with van der Waals surface area (Å²) in [6.07, 6.45) is 7.06. The first kappa shape index (κ1) is 12.7. The number of hydrogen-bond donors (Lipinski definition) is 0. The van der Waals surface area contributed by atoms with Crippen LogP contribution in [0, 0.1) is 0 Å². The van der Waals surface area contributed by atoms with Gasteiger partial charge in [-0.1, -0.05) is 0 Å². The molecule has 2 aliphatic heterocycles. The van der Waals surface area contributed by atoms with E-state index in [1.54, 1.807) is 0 Å². The van der Waals surface area contributed by atoms with Crippen molar-refractivity contribution in [1.29, 1.82) is 0 Å². The highest BCUT2D eigenvalue weighted by atomic mass is 32.2. The van der Waals surface area contributed by atoms with Crippen molar-refractivity contribution in [3.8, 4) is 0 Å². The minimum absolute atomic E-state index is 0.333. The highest BCUT2D eigenvalue weighted by molar-refractivity contribution is 7.99. The van der Waals surface area contributed by atoms with E-state index in [0.717, 1.165) is 30.7 Å². The van der Waals surface area contributed by atoms with E-state index in [1.807, 2.05) is 24.0 Å². The standard InChI is InChI=1S/C15H19N3OS/c1-5-12-14(16-7-1)18(10-11-4-2-8-19-11)15(17-12)13-6-3-9-20-13/h1,5,7,11,13H,2-4,6,8-10H2. The lowest BCUT2D eigenvalue weighted by molar-refractivity contribution is 0.0970. The lowest BCUT2D eigenvalue weighted by Gasteiger charge is -2.16. The van der Waals surface area contributed by atoms with Gasteiger partial charge in [-0.3, -0.25) is 0 Å². The van der Waals surface area contributed by atoms with Crippen LogP contribution in [0.25, 0.3) is 11.2 Å². The minimum Gasteiger partial charge on any atom is -0.376 e. The SMILES string of the molecule is c1cnc2c(c1)nc(C1CCCS1)n2CC1CCCO1. The molecule has 0 radical (unpaired) electrons. The Morgan fingerprint density at radius 2 is 2.35 bits per heavy atom. The fourth-order valence-corrected chi connectivity index (χ4v) is 4.46. The number of nitrogens with zero attached hydrogens (tertiary/aromatic N) is 3. The molecule has 0 spiro atoms. The number of ether oxygens (including phenoxy) is 1. The van der Waals surface area contributed by atoms with Gasteiger partial charge in [0, 0.05) is 12.8 Å². The van der Waals surface area contributed by atoms with E-state index < -0.39 is 0 Å². The van der Waals surface area contributed by atoms with Gasteiger partial charge in [0.2, 0.25) is 0 Å². The molecule has 2 aromatic heterocycles. The maximum atomic E-state index is 5.81. The Morgan fingerprint density at radius 1 is 1.35 bits per heavy atom. The maximum Gasteiger partial charge on any atom is 0.160 e. The molecule has 20 heavy (non-hydrogen) atoms. The van der Waals surface area contributed by atoms with Crippen molar-refractivity contribution >= 4 is 22.9 Å². The summed E-state index contributed by atoms with van der Waals surface area (Å²) in [4.78, 5) is 9.41. The molecule has 0 aromatic carbocycles. The maximum absolute atomic E-state index is 5.81. The van der Waals surface area contributed by atoms with Crippen LogP contribution in [-0.4, -0.2) is 33.0 Å². The molecule has 0 bridgehead atoms. The van der Waals surface area contributed by atoms with Gasteiger partial charge in [-0.05, 0) is 43.6 Å². The molecule has 0 saturated carbocycles. The van der Waals surface area contributed by atoms with Crippen LogP contribution in [0.4, 0.5) is 0 Å². The number of rotatable bonds is 3. The zero-order chi connectivity index (χ0) is 13.4. The van der Waals surface area contributed by atoms with Gasteiger partial charge < -0.3 is 9.30 Å². The van der Waals surface area contributed by atoms with E-state index in [-0.39, 0.29) is 0 Å². The zero-order valence-corrected chi connectivity index (χ0v) is 12.3. The quantitative estimate of drug-likeness (QED) is 0.870. The highest BCUT2D eigenvalue weighted by Gasteiger charge is 2.26. The molecule has 2 saturated heterocycles. The Hall–Kier alpha value is -1.07. The predicted molar refractivity (Wildman–Crippen MR) is 80.9 cm³/mol. The first-order valence-corrected chi connectivity index (χ1v) is 8.51. The summed E-state index contributed by atoms with van der Waals surface area (Å²) < 4.78 is 8.12. The van der Waals surface area contributed by atoms with Crippen LogP contribution in [0.3, 0.4) is 0 Å². The number of thioether (sulfide) groups is 1. The second-order valence-electron chi connectivity index (χ2n) is 5.56. The van der Waals surface area contributed by atoms with E-state index in [2.05, 4.69) is 15.6 Å². The van der Waals surface area contributed by atoms with Crippen LogP contribution in [0.15, 0.2) is 18.3 Å². The van der Waals surface area contributed by atoms with Gasteiger partial charge in [0.05, 0.1) is 17.9 Å². The summed E-state index contributed by atoms with van der Waals surface area (Å²) in [5, 5.41) is 0.533. The summed E-state index contributed by atoms with van der Waals surface area (Å²) in [7, 11) is 0. The van der Waals surface area contributed by atoms with Crippen LogP contribution in [0.2, 0.25) is 0 Å².